The quantitative estimate of drug-likeness (QED) is 0.389. The minimum absolute atomic E-state index is 0.0518. The maximum Gasteiger partial charge on any atom is 0.316 e. The minimum atomic E-state index is -0.950. The zero-order valence-corrected chi connectivity index (χ0v) is 18.5. The highest BCUT2D eigenvalue weighted by atomic mass is 16.8. The topological polar surface area (TPSA) is 65.1 Å². The van der Waals surface area contributed by atoms with E-state index >= 15 is 0 Å². The van der Waals surface area contributed by atoms with Gasteiger partial charge in [-0.15, -0.1) is 0 Å². The average molecular weight is 402 g/mol. The SMILES string of the molecule is CCOCON1C(=O)C(c2c(C)cc(C)cc2C)=C(OC(=O)C2(C)CC2)C1(C)C. The van der Waals surface area contributed by atoms with E-state index in [1.165, 1.54) is 5.06 Å². The van der Waals surface area contributed by atoms with Gasteiger partial charge in [-0.25, -0.2) is 9.90 Å². The summed E-state index contributed by atoms with van der Waals surface area (Å²) in [5.74, 6) is -0.277. The first kappa shape index (κ1) is 21.5. The number of carbonyl (C=O) groups is 2. The van der Waals surface area contributed by atoms with Gasteiger partial charge in [0.15, 0.2) is 6.79 Å². The van der Waals surface area contributed by atoms with Gasteiger partial charge in [0.1, 0.15) is 11.3 Å². The summed E-state index contributed by atoms with van der Waals surface area (Å²) < 4.78 is 11.2. The van der Waals surface area contributed by atoms with Crippen LogP contribution >= 0.6 is 0 Å². The monoisotopic (exact) mass is 401 g/mol. The number of benzene rings is 1. The van der Waals surface area contributed by atoms with Crippen LogP contribution in [0.2, 0.25) is 0 Å². The second kappa shape index (κ2) is 7.58. The van der Waals surface area contributed by atoms with Crippen LogP contribution in [0.25, 0.3) is 5.57 Å². The fourth-order valence-corrected chi connectivity index (χ4v) is 3.82. The molecule has 0 N–H and O–H groups in total. The van der Waals surface area contributed by atoms with Gasteiger partial charge < -0.3 is 9.47 Å². The lowest BCUT2D eigenvalue weighted by molar-refractivity contribution is -0.243. The van der Waals surface area contributed by atoms with Crippen molar-refractivity contribution in [1.29, 1.82) is 0 Å². The molecule has 2 aliphatic rings. The Kier molecular flexibility index (Phi) is 5.62. The third-order valence-corrected chi connectivity index (χ3v) is 5.77. The molecule has 0 atom stereocenters. The number of rotatable bonds is 7. The van der Waals surface area contributed by atoms with E-state index in [1.54, 1.807) is 0 Å². The Hall–Kier alpha value is -2.18. The number of hydroxylamine groups is 2. The summed E-state index contributed by atoms with van der Waals surface area (Å²) in [4.78, 5) is 31.9. The van der Waals surface area contributed by atoms with Crippen LogP contribution in [0, 0.1) is 26.2 Å². The van der Waals surface area contributed by atoms with Gasteiger partial charge >= 0.3 is 5.97 Å². The van der Waals surface area contributed by atoms with Crippen molar-refractivity contribution < 1.29 is 23.9 Å². The third kappa shape index (κ3) is 3.83. The first-order valence-corrected chi connectivity index (χ1v) is 10.1. The van der Waals surface area contributed by atoms with Crippen LogP contribution in [0.1, 0.15) is 62.8 Å². The second-order valence-electron chi connectivity index (χ2n) is 8.83. The Morgan fingerprint density at radius 2 is 1.69 bits per heavy atom. The standard InChI is InChI=1S/C23H31NO5/c1-8-27-13-28-24-20(25)18(17-15(3)11-14(2)12-16(17)4)19(22(24,5)6)29-21(26)23(7)9-10-23/h11-12H,8-10,13H2,1-7H3. The van der Waals surface area contributed by atoms with Crippen LogP contribution in [0.3, 0.4) is 0 Å². The number of nitrogens with zero attached hydrogens (tertiary/aromatic N) is 1. The summed E-state index contributed by atoms with van der Waals surface area (Å²) in [6.45, 7) is 13.8. The van der Waals surface area contributed by atoms with Crippen LogP contribution < -0.4 is 0 Å². The van der Waals surface area contributed by atoms with E-state index in [-0.39, 0.29) is 18.7 Å². The average Bonchev–Trinajstić information content (AvgIpc) is 3.34. The van der Waals surface area contributed by atoms with Gasteiger partial charge in [0.05, 0.1) is 11.0 Å². The Morgan fingerprint density at radius 3 is 2.21 bits per heavy atom. The molecule has 0 aromatic heterocycles. The molecule has 1 fully saturated rings. The maximum atomic E-state index is 13.5. The molecule has 0 bridgehead atoms. The molecule has 1 saturated carbocycles. The first-order valence-electron chi connectivity index (χ1n) is 10.1. The highest BCUT2D eigenvalue weighted by Crippen LogP contribution is 2.49. The molecular weight excluding hydrogens is 370 g/mol. The molecule has 1 amide bonds. The summed E-state index contributed by atoms with van der Waals surface area (Å²) in [6, 6.07) is 4.06. The molecule has 158 valence electrons. The molecule has 3 rings (SSSR count). The Balaban J connectivity index is 2.11. The largest absolute Gasteiger partial charge is 0.427 e. The fourth-order valence-electron chi connectivity index (χ4n) is 3.82. The smallest absolute Gasteiger partial charge is 0.316 e. The first-order chi connectivity index (χ1) is 13.5. The van der Waals surface area contributed by atoms with Crippen LogP contribution in [-0.2, 0) is 23.9 Å². The second-order valence-corrected chi connectivity index (χ2v) is 8.83. The molecular formula is C23H31NO5. The molecule has 1 aliphatic heterocycles. The van der Waals surface area contributed by atoms with E-state index in [9.17, 15) is 9.59 Å². The van der Waals surface area contributed by atoms with Gasteiger partial charge in [-0.3, -0.25) is 9.59 Å². The highest BCUT2D eigenvalue weighted by Gasteiger charge is 2.53. The lowest BCUT2D eigenvalue weighted by Crippen LogP contribution is -2.44. The van der Waals surface area contributed by atoms with Crippen molar-refractivity contribution in [2.24, 2.45) is 5.41 Å². The van der Waals surface area contributed by atoms with E-state index in [2.05, 4.69) is 0 Å². The predicted octanol–water partition coefficient (Wildman–Crippen LogP) is 4.21. The van der Waals surface area contributed by atoms with Crippen LogP contribution in [-0.4, -0.2) is 35.9 Å². The van der Waals surface area contributed by atoms with Crippen molar-refractivity contribution in [2.75, 3.05) is 13.4 Å². The van der Waals surface area contributed by atoms with Gasteiger partial charge in [-0.05, 0) is 78.0 Å². The molecule has 0 spiro atoms. The Bertz CT molecular complexity index is 856. The summed E-state index contributed by atoms with van der Waals surface area (Å²) in [5.41, 5.74) is 2.79. The van der Waals surface area contributed by atoms with Crippen molar-refractivity contribution in [3.8, 4) is 0 Å². The normalized spacial score (nSPS) is 19.7. The maximum absolute atomic E-state index is 13.5. The highest BCUT2D eigenvalue weighted by molar-refractivity contribution is 6.23. The van der Waals surface area contributed by atoms with Crippen molar-refractivity contribution in [1.82, 2.24) is 5.06 Å². The number of ether oxygens (including phenoxy) is 2. The van der Waals surface area contributed by atoms with E-state index in [0.717, 1.165) is 35.1 Å². The molecule has 0 radical (unpaired) electrons. The molecule has 1 aliphatic carbocycles. The van der Waals surface area contributed by atoms with Gasteiger partial charge in [0.25, 0.3) is 5.91 Å². The Morgan fingerprint density at radius 1 is 1.10 bits per heavy atom. The predicted molar refractivity (Wildman–Crippen MR) is 110 cm³/mol. The van der Waals surface area contributed by atoms with E-state index in [4.69, 9.17) is 14.3 Å². The summed E-state index contributed by atoms with van der Waals surface area (Å²) in [6.07, 6.45) is 1.60. The van der Waals surface area contributed by atoms with E-state index < -0.39 is 11.0 Å². The molecule has 6 nitrogen and oxygen atoms in total. The van der Waals surface area contributed by atoms with Gasteiger partial charge in [-0.2, -0.15) is 0 Å². The number of amides is 1. The Labute approximate surface area is 172 Å². The van der Waals surface area contributed by atoms with E-state index in [0.29, 0.717) is 17.9 Å². The van der Waals surface area contributed by atoms with Crippen molar-refractivity contribution in [3.63, 3.8) is 0 Å². The van der Waals surface area contributed by atoms with Gasteiger partial charge in [0, 0.05) is 6.61 Å². The number of carbonyl (C=O) groups excluding carboxylic acids is 2. The van der Waals surface area contributed by atoms with Crippen molar-refractivity contribution >= 4 is 17.4 Å². The van der Waals surface area contributed by atoms with Gasteiger partial charge in [-0.1, -0.05) is 17.7 Å². The lowest BCUT2D eigenvalue weighted by Gasteiger charge is -2.31. The summed E-state index contributed by atoms with van der Waals surface area (Å²) in [7, 11) is 0. The van der Waals surface area contributed by atoms with Crippen LogP contribution in [0.4, 0.5) is 0 Å². The molecule has 1 heterocycles. The minimum Gasteiger partial charge on any atom is -0.427 e. The van der Waals surface area contributed by atoms with Crippen LogP contribution in [0.15, 0.2) is 17.9 Å². The zero-order valence-electron chi connectivity index (χ0n) is 18.5. The third-order valence-electron chi connectivity index (χ3n) is 5.77. The van der Waals surface area contributed by atoms with Gasteiger partial charge in [0.2, 0.25) is 0 Å². The molecule has 1 aromatic carbocycles. The number of aryl methyl sites for hydroxylation is 3. The lowest BCUT2D eigenvalue weighted by atomic mass is 9.91. The fraction of sp³-hybridized carbons (Fsp3) is 0.565. The zero-order chi connectivity index (χ0) is 21.6. The van der Waals surface area contributed by atoms with Crippen molar-refractivity contribution in [3.05, 3.63) is 40.1 Å². The van der Waals surface area contributed by atoms with Crippen LogP contribution in [0.5, 0.6) is 0 Å². The molecule has 0 saturated heterocycles. The molecule has 0 unspecified atom stereocenters. The molecule has 29 heavy (non-hydrogen) atoms. The number of hydrogen-bond acceptors (Lipinski definition) is 5. The summed E-state index contributed by atoms with van der Waals surface area (Å²) in [5, 5.41) is 1.27. The van der Waals surface area contributed by atoms with Crippen molar-refractivity contribution in [2.45, 2.75) is 66.8 Å². The van der Waals surface area contributed by atoms with E-state index in [1.807, 2.05) is 60.6 Å². The summed E-state index contributed by atoms with van der Waals surface area (Å²) >= 11 is 0. The molecule has 1 aromatic rings. The molecule has 6 heteroatoms. The number of hydrogen-bond donors (Lipinski definition) is 0. The number of esters is 1.